The molecule has 84 valence electrons. The van der Waals surface area contributed by atoms with Gasteiger partial charge >= 0.3 is 11.9 Å². The summed E-state index contributed by atoms with van der Waals surface area (Å²) in [7, 11) is 0. The molecule has 0 radical (unpaired) electrons. The highest BCUT2D eigenvalue weighted by Gasteiger charge is 2.40. The first-order valence-electron chi connectivity index (χ1n) is 4.75. The van der Waals surface area contributed by atoms with Crippen LogP contribution in [0.25, 0.3) is 0 Å². The predicted molar refractivity (Wildman–Crippen MR) is 56.0 cm³/mol. The van der Waals surface area contributed by atoms with Crippen molar-refractivity contribution in [3.63, 3.8) is 0 Å². The molecule has 1 N–H and O–H groups in total. The Morgan fingerprint density at radius 3 is 2.56 bits per heavy atom. The van der Waals surface area contributed by atoms with Crippen LogP contribution in [0.15, 0.2) is 24.3 Å². The first-order chi connectivity index (χ1) is 7.58. The summed E-state index contributed by atoms with van der Waals surface area (Å²) in [6.45, 7) is 0. The van der Waals surface area contributed by atoms with Gasteiger partial charge in [-0.05, 0) is 17.7 Å². The molecule has 2 atom stereocenters. The van der Waals surface area contributed by atoms with E-state index in [0.717, 1.165) is 0 Å². The SMILES string of the molecule is O=C1C[C@@H](C(=O)O)[C@@H](c2ccc(Cl)cc2)O1. The molecule has 2 rings (SSSR count). The van der Waals surface area contributed by atoms with Crippen LogP contribution >= 0.6 is 11.6 Å². The molecule has 1 aromatic rings. The van der Waals surface area contributed by atoms with Crippen molar-refractivity contribution in [2.45, 2.75) is 12.5 Å². The molecule has 0 unspecified atom stereocenters. The van der Waals surface area contributed by atoms with E-state index in [-0.39, 0.29) is 6.42 Å². The molecule has 0 aromatic heterocycles. The Balaban J connectivity index is 2.28. The molecule has 1 saturated heterocycles. The van der Waals surface area contributed by atoms with Crippen molar-refractivity contribution >= 4 is 23.5 Å². The highest BCUT2D eigenvalue weighted by atomic mass is 35.5. The maximum atomic E-state index is 11.1. The fourth-order valence-corrected chi connectivity index (χ4v) is 1.85. The van der Waals surface area contributed by atoms with Gasteiger partial charge in [0.15, 0.2) is 0 Å². The first-order valence-corrected chi connectivity index (χ1v) is 5.13. The number of aliphatic carboxylic acids is 1. The fraction of sp³-hybridized carbons (Fsp3) is 0.273. The van der Waals surface area contributed by atoms with Crippen LogP contribution in [0.1, 0.15) is 18.1 Å². The Morgan fingerprint density at radius 2 is 2.00 bits per heavy atom. The standard InChI is InChI=1S/C11H9ClO4/c12-7-3-1-6(2-4-7)10-8(11(14)15)5-9(13)16-10/h1-4,8,10H,5H2,(H,14,15)/t8-,10-/m1/s1. The number of rotatable bonds is 2. The van der Waals surface area contributed by atoms with Gasteiger partial charge in [0.2, 0.25) is 0 Å². The molecule has 5 heteroatoms. The van der Waals surface area contributed by atoms with Crippen LogP contribution < -0.4 is 0 Å². The topological polar surface area (TPSA) is 63.6 Å². The summed E-state index contributed by atoms with van der Waals surface area (Å²) >= 11 is 5.72. The van der Waals surface area contributed by atoms with E-state index in [0.29, 0.717) is 10.6 Å². The van der Waals surface area contributed by atoms with Gasteiger partial charge in [-0.2, -0.15) is 0 Å². The van der Waals surface area contributed by atoms with Crippen molar-refractivity contribution < 1.29 is 19.4 Å². The van der Waals surface area contributed by atoms with E-state index in [1.165, 1.54) is 0 Å². The predicted octanol–water partition coefficient (Wildman–Crippen LogP) is 2.03. The molecular formula is C11H9ClO4. The molecule has 16 heavy (non-hydrogen) atoms. The summed E-state index contributed by atoms with van der Waals surface area (Å²) in [6, 6.07) is 6.62. The molecule has 1 aliphatic heterocycles. The van der Waals surface area contributed by atoms with Crippen LogP contribution in [0, 0.1) is 5.92 Å². The Hall–Kier alpha value is -1.55. The van der Waals surface area contributed by atoms with Crippen molar-refractivity contribution in [2.24, 2.45) is 5.92 Å². The number of halogens is 1. The second kappa shape index (κ2) is 4.14. The molecule has 4 nitrogen and oxygen atoms in total. The van der Waals surface area contributed by atoms with E-state index in [1.54, 1.807) is 24.3 Å². The number of benzene rings is 1. The van der Waals surface area contributed by atoms with Crippen LogP contribution in [-0.2, 0) is 14.3 Å². The second-order valence-electron chi connectivity index (χ2n) is 3.61. The lowest BCUT2D eigenvalue weighted by Gasteiger charge is -2.14. The van der Waals surface area contributed by atoms with Crippen LogP contribution in [0.2, 0.25) is 5.02 Å². The van der Waals surface area contributed by atoms with E-state index in [4.69, 9.17) is 21.4 Å². The van der Waals surface area contributed by atoms with Gasteiger partial charge in [-0.25, -0.2) is 0 Å². The van der Waals surface area contributed by atoms with E-state index < -0.39 is 24.0 Å². The van der Waals surface area contributed by atoms with Gasteiger partial charge in [-0.1, -0.05) is 23.7 Å². The number of carboxylic acid groups (broad SMARTS) is 1. The molecule has 0 amide bonds. The van der Waals surface area contributed by atoms with Gasteiger partial charge in [0, 0.05) is 5.02 Å². The van der Waals surface area contributed by atoms with Crippen molar-refractivity contribution in [3.8, 4) is 0 Å². The molecule has 0 spiro atoms. The zero-order valence-corrected chi connectivity index (χ0v) is 8.98. The largest absolute Gasteiger partial charge is 0.481 e. The van der Waals surface area contributed by atoms with E-state index in [2.05, 4.69) is 0 Å². The maximum absolute atomic E-state index is 11.1. The molecule has 1 fully saturated rings. The van der Waals surface area contributed by atoms with E-state index in [1.807, 2.05) is 0 Å². The number of hydrogen-bond acceptors (Lipinski definition) is 3. The van der Waals surface area contributed by atoms with Gasteiger partial charge in [-0.3, -0.25) is 9.59 Å². The van der Waals surface area contributed by atoms with Crippen molar-refractivity contribution in [3.05, 3.63) is 34.9 Å². The van der Waals surface area contributed by atoms with Gasteiger partial charge in [0.05, 0.1) is 6.42 Å². The van der Waals surface area contributed by atoms with Crippen LogP contribution in [-0.4, -0.2) is 17.0 Å². The van der Waals surface area contributed by atoms with Gasteiger partial charge in [0.25, 0.3) is 0 Å². The molecule has 0 bridgehead atoms. The number of carbonyl (C=O) groups excluding carboxylic acids is 1. The normalized spacial score (nSPS) is 24.2. The monoisotopic (exact) mass is 240 g/mol. The summed E-state index contributed by atoms with van der Waals surface area (Å²) in [6.07, 6.45) is -0.787. The zero-order valence-electron chi connectivity index (χ0n) is 8.22. The average molecular weight is 241 g/mol. The average Bonchev–Trinajstić information content (AvgIpc) is 2.61. The van der Waals surface area contributed by atoms with Crippen LogP contribution in [0.4, 0.5) is 0 Å². The Labute approximate surface area is 96.8 Å². The summed E-state index contributed by atoms with van der Waals surface area (Å²) in [5.41, 5.74) is 0.655. The Morgan fingerprint density at radius 1 is 1.38 bits per heavy atom. The minimum atomic E-state index is -1.02. The lowest BCUT2D eigenvalue weighted by atomic mass is 9.95. The number of carboxylic acids is 1. The second-order valence-corrected chi connectivity index (χ2v) is 4.05. The van der Waals surface area contributed by atoms with E-state index >= 15 is 0 Å². The molecule has 1 aliphatic rings. The molecule has 0 saturated carbocycles. The van der Waals surface area contributed by atoms with Crippen molar-refractivity contribution in [1.29, 1.82) is 0 Å². The van der Waals surface area contributed by atoms with Crippen LogP contribution in [0.5, 0.6) is 0 Å². The minimum absolute atomic E-state index is 0.0807. The third kappa shape index (κ3) is 2.02. The number of carbonyl (C=O) groups is 2. The summed E-state index contributed by atoms with van der Waals surface area (Å²) in [5, 5.41) is 9.51. The molecule has 1 aromatic carbocycles. The van der Waals surface area contributed by atoms with Crippen molar-refractivity contribution in [2.75, 3.05) is 0 Å². The lowest BCUT2D eigenvalue weighted by Crippen LogP contribution is -2.17. The maximum Gasteiger partial charge on any atom is 0.311 e. The highest BCUT2D eigenvalue weighted by molar-refractivity contribution is 6.30. The van der Waals surface area contributed by atoms with Gasteiger partial charge < -0.3 is 9.84 Å². The highest BCUT2D eigenvalue weighted by Crippen LogP contribution is 2.35. The number of cyclic esters (lactones) is 1. The third-order valence-electron chi connectivity index (χ3n) is 2.53. The number of hydrogen-bond donors (Lipinski definition) is 1. The van der Waals surface area contributed by atoms with Crippen LogP contribution in [0.3, 0.4) is 0 Å². The smallest absolute Gasteiger partial charge is 0.311 e. The zero-order chi connectivity index (χ0) is 11.7. The van der Waals surface area contributed by atoms with Gasteiger partial charge in [0.1, 0.15) is 12.0 Å². The first kappa shape index (κ1) is 11.0. The summed E-state index contributed by atoms with van der Waals surface area (Å²) in [4.78, 5) is 22.0. The lowest BCUT2D eigenvalue weighted by molar-refractivity contribution is -0.144. The molecule has 0 aliphatic carbocycles. The number of esters is 1. The van der Waals surface area contributed by atoms with Crippen molar-refractivity contribution in [1.82, 2.24) is 0 Å². The fourth-order valence-electron chi connectivity index (χ4n) is 1.73. The Bertz CT molecular complexity index is 426. The quantitative estimate of drug-likeness (QED) is 0.804. The van der Waals surface area contributed by atoms with E-state index in [9.17, 15) is 9.59 Å². The summed E-state index contributed by atoms with van der Waals surface area (Å²) < 4.78 is 5.00. The van der Waals surface area contributed by atoms with Gasteiger partial charge in [-0.15, -0.1) is 0 Å². The third-order valence-corrected chi connectivity index (χ3v) is 2.78. The number of ether oxygens (including phenoxy) is 1. The Kier molecular flexibility index (Phi) is 2.83. The summed E-state index contributed by atoms with van der Waals surface area (Å²) in [5.74, 6) is -2.31. The molecule has 1 heterocycles. The minimum Gasteiger partial charge on any atom is -0.481 e. The molecular weight excluding hydrogens is 232 g/mol.